The highest BCUT2D eigenvalue weighted by molar-refractivity contribution is 5.92. The van der Waals surface area contributed by atoms with Gasteiger partial charge in [0.1, 0.15) is 6.04 Å². The maximum Gasteiger partial charge on any atom is 0.330 e. The largest absolute Gasteiger partial charge is 0.464 e. The minimum atomic E-state index is -0.197. The smallest absolute Gasteiger partial charge is 0.330 e. The summed E-state index contributed by atoms with van der Waals surface area (Å²) in [6.45, 7) is 2.31. The number of carbonyl (C=O) groups is 1. The zero-order valence-corrected chi connectivity index (χ0v) is 10.1. The standard InChI is InChI=1S/C13H21NO2/c1-2-16-13(15)12-9-8-11(14-12)10-6-4-3-5-7-10/h10,12H,2-9H2,1H3/t12-/m1/s1. The Morgan fingerprint density at radius 1 is 1.31 bits per heavy atom. The van der Waals surface area contributed by atoms with Gasteiger partial charge >= 0.3 is 5.97 Å². The molecule has 16 heavy (non-hydrogen) atoms. The summed E-state index contributed by atoms with van der Waals surface area (Å²) in [7, 11) is 0. The molecule has 2 rings (SSSR count). The van der Waals surface area contributed by atoms with E-state index in [-0.39, 0.29) is 12.0 Å². The topological polar surface area (TPSA) is 38.7 Å². The average Bonchev–Trinajstić information content (AvgIpc) is 2.80. The molecule has 0 aromatic carbocycles. The maximum atomic E-state index is 11.5. The molecule has 2 aliphatic rings. The summed E-state index contributed by atoms with van der Waals surface area (Å²) in [5, 5.41) is 0. The van der Waals surface area contributed by atoms with Crippen LogP contribution in [0.5, 0.6) is 0 Å². The predicted octanol–water partition coefficient (Wildman–Crippen LogP) is 2.73. The first-order chi connectivity index (χ1) is 7.81. The van der Waals surface area contributed by atoms with Crippen molar-refractivity contribution in [1.82, 2.24) is 0 Å². The number of rotatable bonds is 3. The molecule has 3 heteroatoms. The first kappa shape index (κ1) is 11.6. The van der Waals surface area contributed by atoms with E-state index in [2.05, 4.69) is 4.99 Å². The molecule has 1 saturated carbocycles. The van der Waals surface area contributed by atoms with Crippen LogP contribution in [-0.2, 0) is 9.53 Å². The highest BCUT2D eigenvalue weighted by atomic mass is 16.5. The zero-order chi connectivity index (χ0) is 11.4. The summed E-state index contributed by atoms with van der Waals surface area (Å²) in [4.78, 5) is 16.1. The van der Waals surface area contributed by atoms with E-state index in [1.807, 2.05) is 6.92 Å². The molecule has 1 heterocycles. The van der Waals surface area contributed by atoms with Gasteiger partial charge in [0.05, 0.1) is 6.61 Å². The minimum absolute atomic E-state index is 0.131. The Morgan fingerprint density at radius 2 is 2.06 bits per heavy atom. The van der Waals surface area contributed by atoms with Crippen molar-refractivity contribution in [2.24, 2.45) is 10.9 Å². The summed E-state index contributed by atoms with van der Waals surface area (Å²) >= 11 is 0. The van der Waals surface area contributed by atoms with Crippen LogP contribution >= 0.6 is 0 Å². The van der Waals surface area contributed by atoms with Crippen molar-refractivity contribution < 1.29 is 9.53 Å². The van der Waals surface area contributed by atoms with E-state index in [0.717, 1.165) is 12.8 Å². The Balaban J connectivity index is 1.91. The Labute approximate surface area is 97.3 Å². The van der Waals surface area contributed by atoms with Crippen LogP contribution in [0.1, 0.15) is 51.9 Å². The van der Waals surface area contributed by atoms with Gasteiger partial charge in [0.25, 0.3) is 0 Å². The summed E-state index contributed by atoms with van der Waals surface area (Å²) in [5.74, 6) is 0.529. The van der Waals surface area contributed by atoms with Crippen LogP contribution < -0.4 is 0 Å². The monoisotopic (exact) mass is 223 g/mol. The molecule has 0 N–H and O–H groups in total. The third-order valence-electron chi connectivity index (χ3n) is 3.63. The van der Waals surface area contributed by atoms with Crippen LogP contribution in [0.4, 0.5) is 0 Å². The molecule has 1 aliphatic heterocycles. The van der Waals surface area contributed by atoms with E-state index in [1.54, 1.807) is 0 Å². The summed E-state index contributed by atoms with van der Waals surface area (Å²) in [6, 6.07) is -0.197. The number of aliphatic imine (C=N–C) groups is 1. The molecule has 0 unspecified atom stereocenters. The van der Waals surface area contributed by atoms with Gasteiger partial charge in [0.2, 0.25) is 0 Å². The number of ether oxygens (including phenoxy) is 1. The minimum Gasteiger partial charge on any atom is -0.464 e. The summed E-state index contributed by atoms with van der Waals surface area (Å²) in [5.41, 5.74) is 1.29. The lowest BCUT2D eigenvalue weighted by Crippen LogP contribution is -2.19. The molecule has 0 saturated heterocycles. The van der Waals surface area contributed by atoms with Crippen molar-refractivity contribution in [2.75, 3.05) is 6.61 Å². The fourth-order valence-electron chi connectivity index (χ4n) is 2.77. The lowest BCUT2D eigenvalue weighted by molar-refractivity contribution is -0.144. The molecule has 1 aliphatic carbocycles. The van der Waals surface area contributed by atoms with E-state index in [9.17, 15) is 4.79 Å². The van der Waals surface area contributed by atoms with E-state index >= 15 is 0 Å². The van der Waals surface area contributed by atoms with E-state index in [1.165, 1.54) is 37.8 Å². The number of esters is 1. The first-order valence-corrected chi connectivity index (χ1v) is 6.54. The SMILES string of the molecule is CCOC(=O)[C@H]1CCC(C2CCCCC2)=N1. The molecule has 3 nitrogen and oxygen atoms in total. The molecule has 1 fully saturated rings. The van der Waals surface area contributed by atoms with Crippen molar-refractivity contribution in [3.63, 3.8) is 0 Å². The van der Waals surface area contributed by atoms with Gasteiger partial charge in [-0.2, -0.15) is 0 Å². The summed E-state index contributed by atoms with van der Waals surface area (Å²) < 4.78 is 5.02. The second kappa shape index (κ2) is 5.46. The van der Waals surface area contributed by atoms with Crippen LogP contribution in [0, 0.1) is 5.92 Å². The third-order valence-corrected chi connectivity index (χ3v) is 3.63. The van der Waals surface area contributed by atoms with Crippen LogP contribution in [-0.4, -0.2) is 24.3 Å². The molecule has 0 aromatic rings. The second-order valence-corrected chi connectivity index (χ2v) is 4.76. The predicted molar refractivity (Wildman–Crippen MR) is 63.7 cm³/mol. The molecule has 90 valence electrons. The van der Waals surface area contributed by atoms with Gasteiger partial charge in [-0.15, -0.1) is 0 Å². The number of hydrogen-bond acceptors (Lipinski definition) is 3. The molecule has 0 radical (unpaired) electrons. The molecular formula is C13H21NO2. The van der Waals surface area contributed by atoms with Crippen molar-refractivity contribution in [3.8, 4) is 0 Å². The van der Waals surface area contributed by atoms with Crippen LogP contribution in [0.2, 0.25) is 0 Å². The Morgan fingerprint density at radius 3 is 2.75 bits per heavy atom. The van der Waals surface area contributed by atoms with E-state index in [4.69, 9.17) is 4.74 Å². The molecule has 0 amide bonds. The van der Waals surface area contributed by atoms with E-state index < -0.39 is 0 Å². The molecule has 1 atom stereocenters. The van der Waals surface area contributed by atoms with Crippen LogP contribution in [0.15, 0.2) is 4.99 Å². The highest BCUT2D eigenvalue weighted by Gasteiger charge is 2.29. The molecule has 0 aromatic heterocycles. The number of hydrogen-bond donors (Lipinski definition) is 0. The van der Waals surface area contributed by atoms with Gasteiger partial charge in [-0.05, 0) is 38.5 Å². The normalized spacial score (nSPS) is 26.6. The summed E-state index contributed by atoms with van der Waals surface area (Å²) in [6.07, 6.45) is 8.44. The van der Waals surface area contributed by atoms with Crippen molar-refractivity contribution in [2.45, 2.75) is 57.9 Å². The maximum absolute atomic E-state index is 11.5. The van der Waals surface area contributed by atoms with Crippen LogP contribution in [0.3, 0.4) is 0 Å². The van der Waals surface area contributed by atoms with Crippen LogP contribution in [0.25, 0.3) is 0 Å². The van der Waals surface area contributed by atoms with Crippen molar-refractivity contribution >= 4 is 11.7 Å². The van der Waals surface area contributed by atoms with Crippen molar-refractivity contribution in [1.29, 1.82) is 0 Å². The number of nitrogens with zero attached hydrogens (tertiary/aromatic N) is 1. The Bertz CT molecular complexity index is 280. The average molecular weight is 223 g/mol. The molecule has 0 spiro atoms. The van der Waals surface area contributed by atoms with Crippen molar-refractivity contribution in [3.05, 3.63) is 0 Å². The Hall–Kier alpha value is -0.860. The molecule has 0 bridgehead atoms. The van der Waals surface area contributed by atoms with Gasteiger partial charge in [-0.1, -0.05) is 19.3 Å². The number of carbonyl (C=O) groups excluding carboxylic acids is 1. The fraction of sp³-hybridized carbons (Fsp3) is 0.846. The second-order valence-electron chi connectivity index (χ2n) is 4.76. The molecular weight excluding hydrogens is 202 g/mol. The Kier molecular flexibility index (Phi) is 3.97. The van der Waals surface area contributed by atoms with Gasteiger partial charge in [0.15, 0.2) is 0 Å². The first-order valence-electron chi connectivity index (χ1n) is 6.54. The fourth-order valence-corrected chi connectivity index (χ4v) is 2.77. The lowest BCUT2D eigenvalue weighted by atomic mass is 9.85. The third kappa shape index (κ3) is 2.63. The lowest BCUT2D eigenvalue weighted by Gasteiger charge is -2.21. The van der Waals surface area contributed by atoms with E-state index in [0.29, 0.717) is 12.5 Å². The van der Waals surface area contributed by atoms with Gasteiger partial charge in [-0.3, -0.25) is 4.99 Å². The van der Waals surface area contributed by atoms with Gasteiger partial charge in [0, 0.05) is 5.71 Å². The van der Waals surface area contributed by atoms with Gasteiger partial charge in [-0.25, -0.2) is 4.79 Å². The zero-order valence-electron chi connectivity index (χ0n) is 10.1. The quantitative estimate of drug-likeness (QED) is 0.690. The highest BCUT2D eigenvalue weighted by Crippen LogP contribution is 2.30. The van der Waals surface area contributed by atoms with Gasteiger partial charge < -0.3 is 4.74 Å².